The van der Waals surface area contributed by atoms with E-state index in [9.17, 15) is 13.2 Å². The van der Waals surface area contributed by atoms with Crippen LogP contribution in [0.3, 0.4) is 0 Å². The fourth-order valence-electron chi connectivity index (χ4n) is 2.96. The van der Waals surface area contributed by atoms with E-state index in [0.29, 0.717) is 28.4 Å². The van der Waals surface area contributed by atoms with E-state index >= 15 is 0 Å². The first kappa shape index (κ1) is 18.4. The van der Waals surface area contributed by atoms with Gasteiger partial charge in [0.15, 0.2) is 0 Å². The molecule has 136 valence electrons. The van der Waals surface area contributed by atoms with Gasteiger partial charge in [-0.2, -0.15) is 5.10 Å². The Balaban J connectivity index is 2.00. The molecule has 1 heterocycles. The summed E-state index contributed by atoms with van der Waals surface area (Å²) in [5.41, 5.74) is 2.59. The molecule has 0 aromatic heterocycles. The Morgan fingerprint density at radius 1 is 1.23 bits per heavy atom. The zero-order valence-corrected chi connectivity index (χ0v) is 15.9. The summed E-state index contributed by atoms with van der Waals surface area (Å²) >= 11 is 6.08. The van der Waals surface area contributed by atoms with Crippen LogP contribution in [0.1, 0.15) is 30.5 Å². The second-order valence-electron chi connectivity index (χ2n) is 6.11. The lowest BCUT2D eigenvalue weighted by Gasteiger charge is -2.20. The summed E-state index contributed by atoms with van der Waals surface area (Å²) in [7, 11) is -3.43. The molecule has 1 amide bonds. The average Bonchev–Trinajstić information content (AvgIpc) is 2.99. The van der Waals surface area contributed by atoms with Gasteiger partial charge in [-0.15, -0.1) is 0 Å². The normalized spacial score (nSPS) is 17.1. The molecule has 2 aromatic carbocycles. The molecule has 6 nitrogen and oxygen atoms in total. The monoisotopic (exact) mass is 391 g/mol. The highest BCUT2D eigenvalue weighted by molar-refractivity contribution is 7.92. The second kappa shape index (κ2) is 7.09. The third-order valence-electron chi connectivity index (χ3n) is 4.00. The Morgan fingerprint density at radius 3 is 2.62 bits per heavy atom. The number of halogens is 1. The van der Waals surface area contributed by atoms with Crippen LogP contribution < -0.4 is 4.72 Å². The van der Waals surface area contributed by atoms with Crippen molar-refractivity contribution in [2.45, 2.75) is 19.4 Å². The Kier molecular flexibility index (Phi) is 5.02. The van der Waals surface area contributed by atoms with Crippen LogP contribution in [-0.2, 0) is 14.8 Å². The van der Waals surface area contributed by atoms with Gasteiger partial charge in [0.2, 0.25) is 15.9 Å². The lowest BCUT2D eigenvalue weighted by Crippen LogP contribution is -2.24. The van der Waals surface area contributed by atoms with Crippen molar-refractivity contribution >= 4 is 38.9 Å². The maximum atomic E-state index is 12.1. The summed E-state index contributed by atoms with van der Waals surface area (Å²) in [5.74, 6) is -0.196. The molecule has 26 heavy (non-hydrogen) atoms. The summed E-state index contributed by atoms with van der Waals surface area (Å²) in [6.45, 7) is 1.45. The summed E-state index contributed by atoms with van der Waals surface area (Å²) in [4.78, 5) is 12.1. The number of nitrogens with one attached hydrogen (secondary N) is 1. The predicted molar refractivity (Wildman–Crippen MR) is 103 cm³/mol. The highest BCUT2D eigenvalue weighted by Crippen LogP contribution is 2.35. The fraction of sp³-hybridized carbons (Fsp3) is 0.222. The minimum atomic E-state index is -3.43. The number of hydrogen-bond acceptors (Lipinski definition) is 4. The number of carbonyl (C=O) groups excluding carboxylic acids is 1. The second-order valence-corrected chi connectivity index (χ2v) is 8.29. The summed E-state index contributed by atoms with van der Waals surface area (Å²) in [6, 6.07) is 14.0. The van der Waals surface area contributed by atoms with Crippen molar-refractivity contribution in [3.05, 3.63) is 64.7 Å². The van der Waals surface area contributed by atoms with Gasteiger partial charge in [-0.1, -0.05) is 41.9 Å². The van der Waals surface area contributed by atoms with Gasteiger partial charge < -0.3 is 0 Å². The number of carbonyl (C=O) groups is 1. The van der Waals surface area contributed by atoms with Crippen molar-refractivity contribution in [1.82, 2.24) is 5.01 Å². The highest BCUT2D eigenvalue weighted by atomic mass is 35.5. The number of para-hydroxylation sites is 1. The molecule has 1 atom stereocenters. The van der Waals surface area contributed by atoms with Crippen LogP contribution in [0.15, 0.2) is 53.6 Å². The van der Waals surface area contributed by atoms with Crippen molar-refractivity contribution in [2.75, 3.05) is 11.0 Å². The van der Waals surface area contributed by atoms with Crippen LogP contribution in [0, 0.1) is 0 Å². The number of benzene rings is 2. The van der Waals surface area contributed by atoms with Crippen LogP contribution >= 0.6 is 11.6 Å². The number of nitrogens with zero attached hydrogens (tertiary/aromatic N) is 2. The largest absolute Gasteiger partial charge is 0.283 e. The molecular formula is C18H18ClN3O3S. The minimum absolute atomic E-state index is 0.196. The standard InChI is InChI=1S/C18H18ClN3O3S/c1-12(23)22-18(13-6-5-7-14(19)10-13)11-17(20-22)15-8-3-4-9-16(15)21-26(2,24)25/h3-10,18,21H,11H2,1-2H3/t18-/m1/s1. The third kappa shape index (κ3) is 4.05. The predicted octanol–water partition coefficient (Wildman–Crippen LogP) is 3.41. The molecule has 0 bridgehead atoms. The molecule has 8 heteroatoms. The number of sulfonamides is 1. The van der Waals surface area contributed by atoms with Crippen molar-refractivity contribution < 1.29 is 13.2 Å². The lowest BCUT2D eigenvalue weighted by molar-refractivity contribution is -0.130. The van der Waals surface area contributed by atoms with Gasteiger partial charge in [-0.25, -0.2) is 13.4 Å². The van der Waals surface area contributed by atoms with Gasteiger partial charge in [-0.05, 0) is 23.8 Å². The number of amides is 1. The molecule has 1 N–H and O–H groups in total. The highest BCUT2D eigenvalue weighted by Gasteiger charge is 2.32. The molecule has 1 aliphatic heterocycles. The van der Waals surface area contributed by atoms with Gasteiger partial charge in [-0.3, -0.25) is 9.52 Å². The Hall–Kier alpha value is -2.38. The number of hydrazone groups is 1. The molecule has 0 unspecified atom stereocenters. The smallest absolute Gasteiger partial charge is 0.240 e. The summed E-state index contributed by atoms with van der Waals surface area (Å²) < 4.78 is 25.8. The lowest BCUT2D eigenvalue weighted by atomic mass is 9.97. The van der Waals surface area contributed by atoms with Gasteiger partial charge in [0.25, 0.3) is 0 Å². The van der Waals surface area contributed by atoms with E-state index in [0.717, 1.165) is 11.8 Å². The molecular weight excluding hydrogens is 374 g/mol. The minimum Gasteiger partial charge on any atom is -0.283 e. The van der Waals surface area contributed by atoms with E-state index in [4.69, 9.17) is 11.6 Å². The molecule has 1 aliphatic rings. The topological polar surface area (TPSA) is 78.8 Å². The van der Waals surface area contributed by atoms with E-state index in [1.54, 1.807) is 36.4 Å². The molecule has 0 radical (unpaired) electrons. The molecule has 0 spiro atoms. The van der Waals surface area contributed by atoms with Crippen molar-refractivity contribution in [2.24, 2.45) is 5.10 Å². The summed E-state index contributed by atoms with van der Waals surface area (Å²) in [5, 5.41) is 6.46. The quantitative estimate of drug-likeness (QED) is 0.867. The van der Waals surface area contributed by atoms with Crippen LogP contribution in [0.4, 0.5) is 5.69 Å². The maximum absolute atomic E-state index is 12.1. The first-order valence-corrected chi connectivity index (χ1v) is 10.2. The SMILES string of the molecule is CC(=O)N1N=C(c2ccccc2NS(C)(=O)=O)C[C@@H]1c1cccc(Cl)c1. The average molecular weight is 392 g/mol. The molecule has 0 saturated heterocycles. The van der Waals surface area contributed by atoms with E-state index in [1.165, 1.54) is 11.9 Å². The van der Waals surface area contributed by atoms with E-state index in [1.807, 2.05) is 12.1 Å². The van der Waals surface area contributed by atoms with Gasteiger partial charge in [0.05, 0.1) is 23.7 Å². The van der Waals surface area contributed by atoms with E-state index < -0.39 is 10.0 Å². The van der Waals surface area contributed by atoms with Crippen molar-refractivity contribution in [3.8, 4) is 0 Å². The fourth-order valence-corrected chi connectivity index (χ4v) is 3.74. The third-order valence-corrected chi connectivity index (χ3v) is 4.83. The van der Waals surface area contributed by atoms with Crippen LogP contribution in [0.2, 0.25) is 5.02 Å². The molecule has 0 aliphatic carbocycles. The van der Waals surface area contributed by atoms with Crippen LogP contribution in [0.5, 0.6) is 0 Å². The first-order chi connectivity index (χ1) is 12.2. The first-order valence-electron chi connectivity index (χ1n) is 7.94. The van der Waals surface area contributed by atoms with Crippen LogP contribution in [0.25, 0.3) is 0 Å². The molecule has 2 aromatic rings. The van der Waals surface area contributed by atoms with Gasteiger partial charge in [0, 0.05) is 23.9 Å². The molecule has 0 saturated carbocycles. The molecule has 0 fully saturated rings. The summed E-state index contributed by atoms with van der Waals surface area (Å²) in [6.07, 6.45) is 1.55. The van der Waals surface area contributed by atoms with E-state index in [-0.39, 0.29) is 11.9 Å². The number of hydrogen-bond donors (Lipinski definition) is 1. The zero-order chi connectivity index (χ0) is 18.9. The maximum Gasteiger partial charge on any atom is 0.240 e. The Labute approximate surface area is 157 Å². The van der Waals surface area contributed by atoms with Gasteiger partial charge >= 0.3 is 0 Å². The van der Waals surface area contributed by atoms with E-state index in [2.05, 4.69) is 9.82 Å². The number of anilines is 1. The Morgan fingerprint density at radius 2 is 1.96 bits per heavy atom. The van der Waals surface area contributed by atoms with Crippen LogP contribution in [-0.4, -0.2) is 31.3 Å². The number of rotatable bonds is 4. The molecule has 3 rings (SSSR count). The van der Waals surface area contributed by atoms with Crippen molar-refractivity contribution in [1.29, 1.82) is 0 Å². The Bertz CT molecular complexity index is 989. The van der Waals surface area contributed by atoms with Gasteiger partial charge in [0.1, 0.15) is 0 Å². The zero-order valence-electron chi connectivity index (χ0n) is 14.3. The van der Waals surface area contributed by atoms with Crippen molar-refractivity contribution in [3.63, 3.8) is 0 Å².